The Morgan fingerprint density at radius 3 is 1.00 bits per heavy atom. The molecule has 15 heavy (non-hydrogen) atoms. The van der Waals surface area contributed by atoms with E-state index in [0.717, 1.165) is 0 Å². The zero-order valence-electron chi connectivity index (χ0n) is 7.34. The first-order chi connectivity index (χ1) is 7.16. The van der Waals surface area contributed by atoms with E-state index < -0.39 is 17.3 Å². The van der Waals surface area contributed by atoms with Crippen molar-refractivity contribution in [2.24, 2.45) is 17.3 Å². The van der Waals surface area contributed by atoms with Gasteiger partial charge >= 0.3 is 0 Å². The second kappa shape index (κ2) is 4.84. The molecule has 0 aromatic carbocycles. The second-order valence-electron chi connectivity index (χ2n) is 2.48. The summed E-state index contributed by atoms with van der Waals surface area (Å²) in [6, 6.07) is 8.58. The van der Waals surface area contributed by atoms with Crippen molar-refractivity contribution in [1.29, 1.82) is 31.6 Å². The van der Waals surface area contributed by atoms with Gasteiger partial charge in [-0.25, -0.2) is 0 Å². The highest BCUT2D eigenvalue weighted by molar-refractivity contribution is 5.34. The number of hydrogen-bond acceptors (Lipinski definition) is 6. The Balaban J connectivity index is 5.76. The van der Waals surface area contributed by atoms with Gasteiger partial charge in [-0.1, -0.05) is 0 Å². The van der Waals surface area contributed by atoms with E-state index in [1.807, 2.05) is 0 Å². The van der Waals surface area contributed by atoms with Crippen LogP contribution in [0.3, 0.4) is 0 Å². The molecule has 0 fully saturated rings. The van der Waals surface area contributed by atoms with Crippen LogP contribution in [0, 0.1) is 85.2 Å². The maximum atomic E-state index is 8.76. The summed E-state index contributed by atoms with van der Waals surface area (Å²) in [5, 5.41) is 51.8. The molecule has 6 nitrogen and oxygen atoms in total. The van der Waals surface area contributed by atoms with E-state index in [2.05, 4.69) is 0 Å². The standard InChI is InChI=1S/C9H2N6/c10-1-7(2-11)9(5-14,6-15)8(3-12)4-13/h7-8H. The Morgan fingerprint density at radius 2 is 0.867 bits per heavy atom. The predicted octanol–water partition coefficient (Wildman–Crippen LogP) is 0.347. The van der Waals surface area contributed by atoms with Crippen LogP contribution >= 0.6 is 0 Å². The lowest BCUT2D eigenvalue weighted by Crippen LogP contribution is -2.33. The van der Waals surface area contributed by atoms with Gasteiger partial charge in [-0.15, -0.1) is 0 Å². The first-order valence-electron chi connectivity index (χ1n) is 3.57. The van der Waals surface area contributed by atoms with Crippen LogP contribution in [0.5, 0.6) is 0 Å². The first kappa shape index (κ1) is 11.9. The summed E-state index contributed by atoms with van der Waals surface area (Å²) in [4.78, 5) is 0. The van der Waals surface area contributed by atoms with Gasteiger partial charge in [-0.2, -0.15) is 31.6 Å². The third-order valence-electron chi connectivity index (χ3n) is 1.80. The molecule has 0 saturated carbocycles. The van der Waals surface area contributed by atoms with Gasteiger partial charge in [0.2, 0.25) is 5.41 Å². The second-order valence-corrected chi connectivity index (χ2v) is 2.48. The molecule has 0 unspecified atom stereocenters. The molecule has 0 atom stereocenters. The Labute approximate surface area is 86.0 Å². The molecular formula is C9H2N6. The van der Waals surface area contributed by atoms with E-state index in [0.29, 0.717) is 0 Å². The van der Waals surface area contributed by atoms with Crippen LogP contribution in [0.1, 0.15) is 0 Å². The summed E-state index contributed by atoms with van der Waals surface area (Å²) in [5.41, 5.74) is -2.22. The largest absolute Gasteiger partial charge is 0.201 e. The fourth-order valence-corrected chi connectivity index (χ4v) is 0.915. The normalized spacial score (nSPS) is 8.80. The molecule has 0 aliphatic rings. The smallest absolute Gasteiger partial charge is 0.197 e. The highest BCUT2D eigenvalue weighted by atomic mass is 14.5. The molecule has 0 rings (SSSR count). The van der Waals surface area contributed by atoms with Crippen LogP contribution in [0.25, 0.3) is 0 Å². The molecule has 0 heterocycles. The summed E-state index contributed by atoms with van der Waals surface area (Å²) in [7, 11) is 0. The molecule has 0 bridgehead atoms. The molecule has 6 heteroatoms. The van der Waals surface area contributed by atoms with Gasteiger partial charge in [-0.3, -0.25) is 0 Å². The molecule has 0 radical (unpaired) electrons. The molecule has 0 aromatic heterocycles. The minimum absolute atomic E-state index is 1.42. The van der Waals surface area contributed by atoms with Crippen molar-refractivity contribution in [3.05, 3.63) is 0 Å². The van der Waals surface area contributed by atoms with Gasteiger partial charge in [0.25, 0.3) is 0 Å². The zero-order valence-corrected chi connectivity index (χ0v) is 7.34. The quantitative estimate of drug-likeness (QED) is 0.620. The highest BCUT2D eigenvalue weighted by Crippen LogP contribution is 2.34. The van der Waals surface area contributed by atoms with Gasteiger partial charge in [-0.05, 0) is 0 Å². The maximum Gasteiger partial charge on any atom is 0.201 e. The van der Waals surface area contributed by atoms with Crippen LogP contribution in [-0.4, -0.2) is 0 Å². The molecule has 68 valence electrons. The lowest BCUT2D eigenvalue weighted by molar-refractivity contribution is 0.402. The molecule has 0 spiro atoms. The van der Waals surface area contributed by atoms with E-state index in [-0.39, 0.29) is 0 Å². The minimum atomic E-state index is -2.22. The van der Waals surface area contributed by atoms with Crippen molar-refractivity contribution in [1.82, 2.24) is 0 Å². The average molecular weight is 194 g/mol. The lowest BCUT2D eigenvalue weighted by atomic mass is 9.70. The summed E-state index contributed by atoms with van der Waals surface area (Å²) in [6.45, 7) is 0. The third-order valence-corrected chi connectivity index (χ3v) is 1.80. The Morgan fingerprint density at radius 1 is 0.600 bits per heavy atom. The van der Waals surface area contributed by atoms with E-state index in [9.17, 15) is 0 Å². The molecule has 0 saturated heterocycles. The molecular weight excluding hydrogens is 192 g/mol. The van der Waals surface area contributed by atoms with Crippen molar-refractivity contribution < 1.29 is 0 Å². The first-order valence-corrected chi connectivity index (χ1v) is 3.57. The van der Waals surface area contributed by atoms with Crippen LogP contribution in [0.2, 0.25) is 0 Å². The summed E-state index contributed by atoms with van der Waals surface area (Å²) in [6.07, 6.45) is 0. The van der Waals surface area contributed by atoms with Crippen LogP contribution in [-0.2, 0) is 0 Å². The lowest BCUT2D eigenvalue weighted by Gasteiger charge is -2.18. The third kappa shape index (κ3) is 1.66. The summed E-state index contributed by atoms with van der Waals surface area (Å²) < 4.78 is 0. The molecule has 0 aliphatic carbocycles. The van der Waals surface area contributed by atoms with Crippen molar-refractivity contribution in [2.45, 2.75) is 0 Å². The van der Waals surface area contributed by atoms with E-state index in [1.165, 1.54) is 36.4 Å². The maximum absolute atomic E-state index is 8.76. The van der Waals surface area contributed by atoms with Crippen molar-refractivity contribution in [2.75, 3.05) is 0 Å². The van der Waals surface area contributed by atoms with Crippen LogP contribution in [0.15, 0.2) is 0 Å². The molecule has 0 aromatic rings. The monoisotopic (exact) mass is 194 g/mol. The van der Waals surface area contributed by atoms with Crippen molar-refractivity contribution in [3.63, 3.8) is 0 Å². The van der Waals surface area contributed by atoms with Gasteiger partial charge in [0.1, 0.15) is 0 Å². The van der Waals surface area contributed by atoms with Crippen LogP contribution < -0.4 is 0 Å². The summed E-state index contributed by atoms with van der Waals surface area (Å²) >= 11 is 0. The predicted molar refractivity (Wildman–Crippen MR) is 43.1 cm³/mol. The minimum Gasteiger partial charge on any atom is -0.197 e. The average Bonchev–Trinajstić information content (AvgIpc) is 2.29. The number of rotatable bonds is 2. The fourth-order valence-electron chi connectivity index (χ4n) is 0.915. The molecule has 0 aliphatic heterocycles. The number of nitriles is 6. The number of hydrogen-bond donors (Lipinski definition) is 0. The van der Waals surface area contributed by atoms with Gasteiger partial charge in [0, 0.05) is 0 Å². The van der Waals surface area contributed by atoms with Crippen molar-refractivity contribution in [3.8, 4) is 36.4 Å². The number of nitrogens with zero attached hydrogens (tertiary/aromatic N) is 6. The fraction of sp³-hybridized carbons (Fsp3) is 0.333. The van der Waals surface area contributed by atoms with E-state index in [4.69, 9.17) is 31.6 Å². The topological polar surface area (TPSA) is 143 Å². The van der Waals surface area contributed by atoms with E-state index in [1.54, 1.807) is 0 Å². The molecule has 0 N–H and O–H groups in total. The highest BCUT2D eigenvalue weighted by Gasteiger charge is 2.49. The SMILES string of the molecule is N#CC(C#N)C(C#N)(C#N)C(C#N)C#N. The van der Waals surface area contributed by atoms with Gasteiger partial charge in [0.15, 0.2) is 11.8 Å². The Bertz CT molecular complexity index is 416. The molecule has 0 amide bonds. The zero-order chi connectivity index (χ0) is 11.9. The summed E-state index contributed by atoms with van der Waals surface area (Å²) in [5.74, 6) is -3.26. The van der Waals surface area contributed by atoms with Crippen molar-refractivity contribution >= 4 is 0 Å². The Hall–Kier alpha value is -3.06. The van der Waals surface area contributed by atoms with Gasteiger partial charge in [0.05, 0.1) is 36.4 Å². The van der Waals surface area contributed by atoms with Gasteiger partial charge < -0.3 is 0 Å². The van der Waals surface area contributed by atoms with E-state index >= 15 is 0 Å². The van der Waals surface area contributed by atoms with Crippen LogP contribution in [0.4, 0.5) is 0 Å². The Kier molecular flexibility index (Phi) is 3.85.